The second-order valence-corrected chi connectivity index (χ2v) is 6.00. The molecule has 0 bridgehead atoms. The second kappa shape index (κ2) is 6.81. The summed E-state index contributed by atoms with van der Waals surface area (Å²) in [5.41, 5.74) is 2.43. The minimum absolute atomic E-state index is 0.178. The molecule has 1 amide bonds. The molecular formula is C17H23N5O. The summed E-state index contributed by atoms with van der Waals surface area (Å²) in [5.74, 6) is 0.178. The Morgan fingerprint density at radius 3 is 2.91 bits per heavy atom. The molecule has 2 heterocycles. The number of likely N-dealkylation sites (N-methyl/N-ethyl adjacent to an activating group) is 1. The van der Waals surface area contributed by atoms with Crippen LogP contribution in [0, 0.1) is 0 Å². The van der Waals surface area contributed by atoms with E-state index in [0.717, 1.165) is 13.0 Å². The number of carbonyl (C=O) groups is 1. The highest BCUT2D eigenvalue weighted by molar-refractivity contribution is 5.77. The lowest BCUT2D eigenvalue weighted by molar-refractivity contribution is -0.134. The van der Waals surface area contributed by atoms with Gasteiger partial charge in [-0.25, -0.2) is 4.98 Å². The van der Waals surface area contributed by atoms with Crippen LogP contribution in [0.25, 0.3) is 0 Å². The first-order valence-electron chi connectivity index (χ1n) is 8.10. The molecule has 1 aliphatic heterocycles. The highest BCUT2D eigenvalue weighted by atomic mass is 16.2. The molecule has 6 nitrogen and oxygen atoms in total. The van der Waals surface area contributed by atoms with Crippen LogP contribution in [0.15, 0.2) is 36.9 Å². The minimum Gasteiger partial charge on any atom is -0.372 e. The fraction of sp³-hybridized carbons (Fsp3) is 0.471. The minimum atomic E-state index is 0.178. The lowest BCUT2D eigenvalue weighted by atomic mass is 10.1. The van der Waals surface area contributed by atoms with Crippen LogP contribution in [-0.2, 0) is 17.9 Å². The maximum atomic E-state index is 12.8. The summed E-state index contributed by atoms with van der Waals surface area (Å²) in [4.78, 5) is 21.0. The maximum absolute atomic E-state index is 12.8. The molecule has 0 aliphatic carbocycles. The molecule has 23 heavy (non-hydrogen) atoms. The zero-order valence-electron chi connectivity index (χ0n) is 13.7. The summed E-state index contributed by atoms with van der Waals surface area (Å²) in [5, 5.41) is 4.07. The van der Waals surface area contributed by atoms with Gasteiger partial charge in [0.15, 0.2) is 0 Å². The van der Waals surface area contributed by atoms with Gasteiger partial charge < -0.3 is 9.80 Å². The SMILES string of the molecule is CC[C@H]1CN(C)c2ccccc2CN1C(=O)CCn1cncn1. The molecule has 0 radical (unpaired) electrons. The van der Waals surface area contributed by atoms with E-state index >= 15 is 0 Å². The normalized spacial score (nSPS) is 17.7. The lowest BCUT2D eigenvalue weighted by Crippen LogP contribution is -2.43. The predicted octanol–water partition coefficient (Wildman–Crippen LogP) is 1.93. The van der Waals surface area contributed by atoms with Crippen LogP contribution in [0.1, 0.15) is 25.3 Å². The average molecular weight is 313 g/mol. The van der Waals surface area contributed by atoms with E-state index in [9.17, 15) is 4.79 Å². The topological polar surface area (TPSA) is 54.3 Å². The van der Waals surface area contributed by atoms with Gasteiger partial charge in [0.2, 0.25) is 5.91 Å². The number of amides is 1. The number of benzene rings is 1. The van der Waals surface area contributed by atoms with E-state index in [1.165, 1.54) is 17.6 Å². The van der Waals surface area contributed by atoms with Gasteiger partial charge in [-0.2, -0.15) is 5.10 Å². The Kier molecular flexibility index (Phi) is 4.60. The number of para-hydroxylation sites is 1. The predicted molar refractivity (Wildman–Crippen MR) is 89.0 cm³/mol. The summed E-state index contributed by atoms with van der Waals surface area (Å²) in [6.45, 7) is 4.26. The van der Waals surface area contributed by atoms with E-state index in [4.69, 9.17) is 0 Å². The number of anilines is 1. The van der Waals surface area contributed by atoms with Gasteiger partial charge in [0.25, 0.3) is 0 Å². The molecule has 0 N–H and O–H groups in total. The van der Waals surface area contributed by atoms with E-state index in [-0.39, 0.29) is 11.9 Å². The average Bonchev–Trinajstić information content (AvgIpc) is 3.04. The molecule has 0 saturated carbocycles. The molecule has 0 spiro atoms. The van der Waals surface area contributed by atoms with Crippen LogP contribution in [0.4, 0.5) is 5.69 Å². The van der Waals surface area contributed by atoms with Gasteiger partial charge >= 0.3 is 0 Å². The van der Waals surface area contributed by atoms with E-state index in [2.05, 4.69) is 47.2 Å². The van der Waals surface area contributed by atoms with Gasteiger partial charge in [-0.15, -0.1) is 0 Å². The van der Waals surface area contributed by atoms with Crippen LogP contribution >= 0.6 is 0 Å². The lowest BCUT2D eigenvalue weighted by Gasteiger charge is -2.30. The molecule has 1 atom stereocenters. The third-order valence-electron chi connectivity index (χ3n) is 4.48. The Labute approximate surface area is 136 Å². The summed E-state index contributed by atoms with van der Waals surface area (Å²) < 4.78 is 1.71. The molecular weight excluding hydrogens is 290 g/mol. The van der Waals surface area contributed by atoms with Gasteiger partial charge in [-0.1, -0.05) is 25.1 Å². The Balaban J connectivity index is 1.77. The number of nitrogens with zero attached hydrogens (tertiary/aromatic N) is 5. The van der Waals surface area contributed by atoms with Gasteiger partial charge in [0.05, 0.1) is 6.54 Å². The smallest absolute Gasteiger partial charge is 0.225 e. The zero-order valence-corrected chi connectivity index (χ0v) is 13.7. The number of fused-ring (bicyclic) bond motifs is 1. The first-order chi connectivity index (χ1) is 11.2. The number of rotatable bonds is 4. The molecule has 1 aliphatic rings. The largest absolute Gasteiger partial charge is 0.372 e. The molecule has 1 aromatic carbocycles. The van der Waals surface area contributed by atoms with Crippen molar-refractivity contribution in [3.05, 3.63) is 42.5 Å². The Morgan fingerprint density at radius 1 is 1.35 bits per heavy atom. The molecule has 1 aromatic heterocycles. The monoisotopic (exact) mass is 313 g/mol. The van der Waals surface area contributed by atoms with Crippen molar-refractivity contribution in [2.75, 3.05) is 18.5 Å². The van der Waals surface area contributed by atoms with Gasteiger partial charge in [0, 0.05) is 38.3 Å². The summed E-state index contributed by atoms with van der Waals surface area (Å²) in [6, 6.07) is 8.57. The van der Waals surface area contributed by atoms with Crippen LogP contribution in [-0.4, -0.2) is 45.2 Å². The van der Waals surface area contributed by atoms with E-state index in [0.29, 0.717) is 19.5 Å². The second-order valence-electron chi connectivity index (χ2n) is 6.00. The van der Waals surface area contributed by atoms with Crippen LogP contribution in [0.3, 0.4) is 0 Å². The Bertz CT molecular complexity index is 655. The van der Waals surface area contributed by atoms with Crippen LogP contribution in [0.5, 0.6) is 0 Å². The molecule has 0 unspecified atom stereocenters. The first-order valence-corrected chi connectivity index (χ1v) is 8.10. The van der Waals surface area contributed by atoms with Crippen molar-refractivity contribution in [2.45, 2.75) is 38.9 Å². The summed E-state index contributed by atoms with van der Waals surface area (Å²) in [7, 11) is 2.10. The fourth-order valence-electron chi connectivity index (χ4n) is 3.19. The van der Waals surface area contributed by atoms with Crippen molar-refractivity contribution in [1.29, 1.82) is 0 Å². The standard InChI is InChI=1S/C17H23N5O/c1-3-15-11-20(2)16-7-5-4-6-14(16)10-22(15)17(23)8-9-21-13-18-12-19-21/h4-7,12-13,15H,3,8-11H2,1-2H3/t15-/m0/s1. The van der Waals surface area contributed by atoms with Crippen molar-refractivity contribution in [2.24, 2.45) is 0 Å². The van der Waals surface area contributed by atoms with E-state index in [1.54, 1.807) is 11.0 Å². The fourth-order valence-corrected chi connectivity index (χ4v) is 3.19. The molecule has 6 heteroatoms. The third kappa shape index (κ3) is 3.36. The number of hydrogen-bond donors (Lipinski definition) is 0. The molecule has 122 valence electrons. The number of aromatic nitrogens is 3. The van der Waals surface area contributed by atoms with Crippen LogP contribution < -0.4 is 4.90 Å². The quantitative estimate of drug-likeness (QED) is 0.865. The Hall–Kier alpha value is -2.37. The van der Waals surface area contributed by atoms with Crippen molar-refractivity contribution in [3.63, 3.8) is 0 Å². The van der Waals surface area contributed by atoms with E-state index < -0.39 is 0 Å². The number of carbonyl (C=O) groups excluding carboxylic acids is 1. The molecule has 0 saturated heterocycles. The highest BCUT2D eigenvalue weighted by Crippen LogP contribution is 2.27. The Morgan fingerprint density at radius 2 is 2.17 bits per heavy atom. The van der Waals surface area contributed by atoms with Crippen molar-refractivity contribution in [3.8, 4) is 0 Å². The molecule has 2 aromatic rings. The maximum Gasteiger partial charge on any atom is 0.225 e. The highest BCUT2D eigenvalue weighted by Gasteiger charge is 2.28. The van der Waals surface area contributed by atoms with Gasteiger partial charge in [0.1, 0.15) is 12.7 Å². The summed E-state index contributed by atoms with van der Waals surface area (Å²) >= 11 is 0. The van der Waals surface area contributed by atoms with Gasteiger partial charge in [-0.3, -0.25) is 9.48 Å². The number of aryl methyl sites for hydroxylation is 1. The first kappa shape index (κ1) is 15.5. The third-order valence-corrected chi connectivity index (χ3v) is 4.48. The van der Waals surface area contributed by atoms with Crippen molar-refractivity contribution < 1.29 is 4.79 Å². The van der Waals surface area contributed by atoms with E-state index in [1.807, 2.05) is 11.0 Å². The van der Waals surface area contributed by atoms with Crippen LogP contribution in [0.2, 0.25) is 0 Å². The molecule has 0 fully saturated rings. The van der Waals surface area contributed by atoms with Gasteiger partial charge in [-0.05, 0) is 18.1 Å². The van der Waals surface area contributed by atoms with Crippen molar-refractivity contribution in [1.82, 2.24) is 19.7 Å². The zero-order chi connectivity index (χ0) is 16.2. The molecule has 3 rings (SSSR count). The number of hydrogen-bond acceptors (Lipinski definition) is 4. The summed E-state index contributed by atoms with van der Waals surface area (Å²) in [6.07, 6.45) is 4.55. The van der Waals surface area contributed by atoms with Crippen molar-refractivity contribution >= 4 is 11.6 Å².